The second kappa shape index (κ2) is 7.58. The lowest BCUT2D eigenvalue weighted by Crippen LogP contribution is -2.02. The molecular formula is C16H17Cl2NO3. The summed E-state index contributed by atoms with van der Waals surface area (Å²) in [7, 11) is 0. The topological polar surface area (TPSA) is 61.7 Å². The van der Waals surface area contributed by atoms with Gasteiger partial charge in [-0.3, -0.25) is 0 Å². The number of rotatable bonds is 6. The molecule has 0 heterocycles. The number of aliphatic hydroxyl groups excluding tert-OH is 1. The SMILES string of the molecule is CCOc1ccc(NCc2cc(Cl)cc(Cl)c2O)cc1CO. The molecule has 0 aromatic heterocycles. The monoisotopic (exact) mass is 341 g/mol. The van der Waals surface area contributed by atoms with Crippen LogP contribution in [0.5, 0.6) is 11.5 Å². The van der Waals surface area contributed by atoms with Crippen LogP contribution in [0.2, 0.25) is 10.0 Å². The van der Waals surface area contributed by atoms with Gasteiger partial charge in [0.1, 0.15) is 11.5 Å². The molecule has 0 atom stereocenters. The van der Waals surface area contributed by atoms with Crippen molar-refractivity contribution in [1.82, 2.24) is 0 Å². The third-order valence-electron chi connectivity index (χ3n) is 3.12. The van der Waals surface area contributed by atoms with Crippen LogP contribution in [-0.4, -0.2) is 16.8 Å². The smallest absolute Gasteiger partial charge is 0.139 e. The van der Waals surface area contributed by atoms with E-state index in [4.69, 9.17) is 27.9 Å². The van der Waals surface area contributed by atoms with Gasteiger partial charge >= 0.3 is 0 Å². The number of ether oxygens (including phenoxy) is 1. The molecule has 0 aliphatic rings. The van der Waals surface area contributed by atoms with Crippen molar-refractivity contribution in [2.24, 2.45) is 0 Å². The predicted molar refractivity (Wildman–Crippen MR) is 89.0 cm³/mol. The van der Waals surface area contributed by atoms with Crippen LogP contribution in [0, 0.1) is 0 Å². The van der Waals surface area contributed by atoms with Gasteiger partial charge in [0.05, 0.1) is 18.2 Å². The molecule has 0 saturated heterocycles. The molecule has 3 N–H and O–H groups in total. The van der Waals surface area contributed by atoms with Gasteiger partial charge in [0, 0.05) is 28.4 Å². The molecule has 4 nitrogen and oxygen atoms in total. The number of halogens is 2. The zero-order chi connectivity index (χ0) is 16.1. The number of anilines is 1. The average Bonchev–Trinajstić information content (AvgIpc) is 2.50. The molecule has 0 bridgehead atoms. The Morgan fingerprint density at radius 1 is 1.14 bits per heavy atom. The summed E-state index contributed by atoms with van der Waals surface area (Å²) in [6, 6.07) is 8.57. The minimum Gasteiger partial charge on any atom is -0.506 e. The first-order valence-electron chi connectivity index (χ1n) is 6.82. The largest absolute Gasteiger partial charge is 0.506 e. The minimum atomic E-state index is -0.112. The van der Waals surface area contributed by atoms with E-state index in [0.717, 1.165) is 5.69 Å². The van der Waals surface area contributed by atoms with E-state index < -0.39 is 0 Å². The van der Waals surface area contributed by atoms with Crippen LogP contribution in [0.15, 0.2) is 30.3 Å². The minimum absolute atomic E-state index is 0.00637. The number of nitrogens with one attached hydrogen (secondary N) is 1. The number of aromatic hydroxyl groups is 1. The maximum Gasteiger partial charge on any atom is 0.139 e. The summed E-state index contributed by atoms with van der Waals surface area (Å²) in [5, 5.41) is 23.1. The van der Waals surface area contributed by atoms with E-state index in [1.807, 2.05) is 13.0 Å². The molecule has 0 spiro atoms. The van der Waals surface area contributed by atoms with Gasteiger partial charge in [0.15, 0.2) is 0 Å². The van der Waals surface area contributed by atoms with Gasteiger partial charge in [-0.05, 0) is 37.3 Å². The first kappa shape index (κ1) is 16.7. The lowest BCUT2D eigenvalue weighted by atomic mass is 10.1. The van der Waals surface area contributed by atoms with E-state index in [2.05, 4.69) is 5.32 Å². The van der Waals surface area contributed by atoms with Crippen LogP contribution in [0.3, 0.4) is 0 Å². The van der Waals surface area contributed by atoms with Crippen LogP contribution >= 0.6 is 23.2 Å². The highest BCUT2D eigenvalue weighted by Crippen LogP contribution is 2.32. The van der Waals surface area contributed by atoms with Crippen LogP contribution in [0.1, 0.15) is 18.1 Å². The molecule has 2 aromatic carbocycles. The zero-order valence-corrected chi connectivity index (χ0v) is 13.6. The van der Waals surface area contributed by atoms with Gasteiger partial charge in [-0.15, -0.1) is 0 Å². The van der Waals surface area contributed by atoms with Crippen molar-refractivity contribution in [2.45, 2.75) is 20.1 Å². The van der Waals surface area contributed by atoms with Crippen molar-refractivity contribution in [1.29, 1.82) is 0 Å². The van der Waals surface area contributed by atoms with E-state index in [9.17, 15) is 10.2 Å². The number of benzene rings is 2. The predicted octanol–water partition coefficient (Wildman–Crippen LogP) is 4.20. The molecule has 6 heteroatoms. The normalized spacial score (nSPS) is 10.5. The molecule has 0 unspecified atom stereocenters. The molecule has 0 amide bonds. The highest BCUT2D eigenvalue weighted by molar-refractivity contribution is 6.35. The summed E-state index contributed by atoms with van der Waals surface area (Å²) in [6.45, 7) is 2.66. The van der Waals surface area contributed by atoms with Gasteiger partial charge in [-0.2, -0.15) is 0 Å². The zero-order valence-electron chi connectivity index (χ0n) is 12.1. The van der Waals surface area contributed by atoms with Crippen molar-refractivity contribution in [2.75, 3.05) is 11.9 Å². The third-order valence-corrected chi connectivity index (χ3v) is 3.63. The van der Waals surface area contributed by atoms with Gasteiger partial charge < -0.3 is 20.3 Å². The second-order valence-corrected chi connectivity index (χ2v) is 5.51. The summed E-state index contributed by atoms with van der Waals surface area (Å²) >= 11 is 11.8. The lowest BCUT2D eigenvalue weighted by Gasteiger charge is -2.13. The first-order valence-corrected chi connectivity index (χ1v) is 7.58. The van der Waals surface area contributed by atoms with Crippen LogP contribution in [0.25, 0.3) is 0 Å². The average molecular weight is 342 g/mol. The van der Waals surface area contributed by atoms with E-state index >= 15 is 0 Å². The summed E-state index contributed by atoms with van der Waals surface area (Å²) in [4.78, 5) is 0. The number of hydrogen-bond donors (Lipinski definition) is 3. The first-order chi connectivity index (χ1) is 10.5. The Hall–Kier alpha value is -1.62. The van der Waals surface area contributed by atoms with Gasteiger partial charge in [-0.1, -0.05) is 23.2 Å². The van der Waals surface area contributed by atoms with Crippen molar-refractivity contribution < 1.29 is 14.9 Å². The van der Waals surface area contributed by atoms with E-state index in [-0.39, 0.29) is 17.4 Å². The Balaban J connectivity index is 2.15. The molecule has 0 aliphatic heterocycles. The van der Waals surface area contributed by atoms with E-state index in [1.54, 1.807) is 18.2 Å². The van der Waals surface area contributed by atoms with Crippen LogP contribution < -0.4 is 10.1 Å². The molecule has 0 fully saturated rings. The lowest BCUT2D eigenvalue weighted by molar-refractivity contribution is 0.267. The molecular weight excluding hydrogens is 325 g/mol. The van der Waals surface area contributed by atoms with Crippen molar-refractivity contribution in [3.8, 4) is 11.5 Å². The molecule has 0 saturated carbocycles. The quantitative estimate of drug-likeness (QED) is 0.736. The number of hydrogen-bond acceptors (Lipinski definition) is 4. The standard InChI is InChI=1S/C16H17Cl2NO3/c1-2-22-15-4-3-13(6-11(15)9-20)19-8-10-5-12(17)7-14(18)16(10)21/h3-7,19-21H,2,8-9H2,1H3. The summed E-state index contributed by atoms with van der Waals surface area (Å²) in [5.74, 6) is 0.663. The summed E-state index contributed by atoms with van der Waals surface area (Å²) in [5.41, 5.74) is 2.08. The summed E-state index contributed by atoms with van der Waals surface area (Å²) in [6.07, 6.45) is 0. The molecule has 22 heavy (non-hydrogen) atoms. The fourth-order valence-electron chi connectivity index (χ4n) is 2.06. The number of phenolic OH excluding ortho intramolecular Hbond substituents is 1. The Morgan fingerprint density at radius 2 is 1.91 bits per heavy atom. The van der Waals surface area contributed by atoms with Gasteiger partial charge in [0.2, 0.25) is 0 Å². The second-order valence-electron chi connectivity index (χ2n) is 4.66. The molecule has 0 aliphatic carbocycles. The van der Waals surface area contributed by atoms with E-state index in [0.29, 0.717) is 35.1 Å². The Labute approximate surface area is 139 Å². The fraction of sp³-hybridized carbons (Fsp3) is 0.250. The fourth-order valence-corrected chi connectivity index (χ4v) is 2.60. The number of phenols is 1. The molecule has 118 valence electrons. The Bertz CT molecular complexity index is 662. The number of aliphatic hydroxyl groups is 1. The Kier molecular flexibility index (Phi) is 5.77. The molecule has 2 rings (SSSR count). The van der Waals surface area contributed by atoms with Crippen molar-refractivity contribution in [3.63, 3.8) is 0 Å². The van der Waals surface area contributed by atoms with Gasteiger partial charge in [0.25, 0.3) is 0 Å². The maximum absolute atomic E-state index is 9.92. The maximum atomic E-state index is 9.92. The van der Waals surface area contributed by atoms with Crippen LogP contribution in [-0.2, 0) is 13.2 Å². The van der Waals surface area contributed by atoms with E-state index in [1.165, 1.54) is 6.07 Å². The van der Waals surface area contributed by atoms with Gasteiger partial charge in [-0.25, -0.2) is 0 Å². The molecule has 0 radical (unpaired) electrons. The third kappa shape index (κ3) is 3.97. The van der Waals surface area contributed by atoms with Crippen molar-refractivity contribution >= 4 is 28.9 Å². The highest BCUT2D eigenvalue weighted by Gasteiger charge is 2.09. The van der Waals surface area contributed by atoms with Crippen molar-refractivity contribution in [3.05, 3.63) is 51.5 Å². The Morgan fingerprint density at radius 3 is 2.59 bits per heavy atom. The molecule has 2 aromatic rings. The summed E-state index contributed by atoms with van der Waals surface area (Å²) < 4.78 is 5.43. The highest BCUT2D eigenvalue weighted by atomic mass is 35.5. The van der Waals surface area contributed by atoms with Crippen LogP contribution in [0.4, 0.5) is 5.69 Å².